The van der Waals surface area contributed by atoms with Crippen LogP contribution in [0.5, 0.6) is 5.75 Å². The monoisotopic (exact) mass is 234 g/mol. The number of carboxylic acids is 1. The van der Waals surface area contributed by atoms with Gasteiger partial charge in [0, 0.05) is 0 Å². The second kappa shape index (κ2) is 4.20. The van der Waals surface area contributed by atoms with Gasteiger partial charge in [0.1, 0.15) is 11.4 Å². The minimum absolute atomic E-state index is 0.149. The van der Waals surface area contributed by atoms with E-state index >= 15 is 0 Å². The largest absolute Gasteiger partial charge is 0.494 e. The minimum atomic E-state index is -1.01. The van der Waals surface area contributed by atoms with E-state index in [1.807, 2.05) is 0 Å². The zero-order valence-electron chi connectivity index (χ0n) is 9.28. The lowest BCUT2D eigenvalue weighted by atomic mass is 10.2. The highest BCUT2D eigenvalue weighted by Gasteiger charge is 2.13. The summed E-state index contributed by atoms with van der Waals surface area (Å²) in [6.07, 6.45) is 0. The molecule has 7 heteroatoms. The Balaban J connectivity index is 2.56. The Morgan fingerprint density at radius 1 is 1.47 bits per heavy atom. The van der Waals surface area contributed by atoms with E-state index in [0.29, 0.717) is 17.3 Å². The molecule has 88 valence electrons. The van der Waals surface area contributed by atoms with Crippen molar-refractivity contribution in [3.05, 3.63) is 29.6 Å². The van der Waals surface area contributed by atoms with Crippen LogP contribution in [0.15, 0.2) is 18.2 Å². The molecule has 7 nitrogen and oxygen atoms in total. The molecule has 0 unspecified atom stereocenters. The molecule has 0 aliphatic heterocycles. The summed E-state index contributed by atoms with van der Waals surface area (Å²) in [5.41, 5.74) is 0.747. The first-order valence-electron chi connectivity index (χ1n) is 4.80. The SMILES string of the molecule is COc1cc(C(=O)O)ccc1-n1nnnc1C. The van der Waals surface area contributed by atoms with E-state index < -0.39 is 5.97 Å². The van der Waals surface area contributed by atoms with E-state index in [1.165, 1.54) is 23.9 Å². The fourth-order valence-corrected chi connectivity index (χ4v) is 1.44. The van der Waals surface area contributed by atoms with Crippen molar-refractivity contribution in [3.8, 4) is 11.4 Å². The second-order valence-electron chi connectivity index (χ2n) is 3.33. The lowest BCUT2D eigenvalue weighted by Gasteiger charge is -2.09. The number of aryl methyl sites for hydroxylation is 1. The Morgan fingerprint density at radius 2 is 2.24 bits per heavy atom. The molecule has 0 radical (unpaired) electrons. The van der Waals surface area contributed by atoms with Crippen LogP contribution in [0.1, 0.15) is 16.2 Å². The molecule has 0 aliphatic carbocycles. The molecule has 1 N–H and O–H groups in total. The molecule has 2 rings (SSSR count). The van der Waals surface area contributed by atoms with Gasteiger partial charge < -0.3 is 9.84 Å². The molecular formula is C10H10N4O3. The average Bonchev–Trinajstić information content (AvgIpc) is 2.74. The van der Waals surface area contributed by atoms with Crippen LogP contribution in [0.25, 0.3) is 5.69 Å². The molecule has 0 fully saturated rings. The highest BCUT2D eigenvalue weighted by molar-refractivity contribution is 5.88. The van der Waals surface area contributed by atoms with Crippen LogP contribution in [-0.2, 0) is 0 Å². The zero-order chi connectivity index (χ0) is 12.4. The van der Waals surface area contributed by atoms with Crippen LogP contribution < -0.4 is 4.74 Å². The van der Waals surface area contributed by atoms with Crippen molar-refractivity contribution in [1.82, 2.24) is 20.2 Å². The number of ether oxygens (including phenoxy) is 1. The number of tetrazole rings is 1. The summed E-state index contributed by atoms with van der Waals surface area (Å²) < 4.78 is 6.61. The first-order valence-corrected chi connectivity index (χ1v) is 4.80. The van der Waals surface area contributed by atoms with Crippen molar-refractivity contribution in [2.75, 3.05) is 7.11 Å². The van der Waals surface area contributed by atoms with Gasteiger partial charge in [-0.2, -0.15) is 4.68 Å². The van der Waals surface area contributed by atoms with Crippen LogP contribution >= 0.6 is 0 Å². The Labute approximate surface area is 96.6 Å². The van der Waals surface area contributed by atoms with Gasteiger partial charge in [0.15, 0.2) is 5.82 Å². The van der Waals surface area contributed by atoms with Gasteiger partial charge in [-0.3, -0.25) is 0 Å². The molecular weight excluding hydrogens is 224 g/mol. The maximum atomic E-state index is 10.8. The summed E-state index contributed by atoms with van der Waals surface area (Å²) in [6.45, 7) is 1.74. The van der Waals surface area contributed by atoms with Crippen LogP contribution in [-0.4, -0.2) is 38.4 Å². The molecule has 17 heavy (non-hydrogen) atoms. The van der Waals surface area contributed by atoms with Crippen LogP contribution in [0, 0.1) is 6.92 Å². The number of hydrogen-bond donors (Lipinski definition) is 1. The van der Waals surface area contributed by atoms with Crippen LogP contribution in [0.4, 0.5) is 0 Å². The van der Waals surface area contributed by atoms with Gasteiger partial charge in [-0.1, -0.05) is 0 Å². The molecule has 0 saturated heterocycles. The van der Waals surface area contributed by atoms with Gasteiger partial charge >= 0.3 is 5.97 Å². The number of aromatic nitrogens is 4. The lowest BCUT2D eigenvalue weighted by Crippen LogP contribution is -2.04. The Bertz CT molecular complexity index is 564. The highest BCUT2D eigenvalue weighted by atomic mass is 16.5. The second-order valence-corrected chi connectivity index (χ2v) is 3.33. The first-order chi connectivity index (χ1) is 8.13. The molecule has 0 spiro atoms. The number of methoxy groups -OCH3 is 1. The number of hydrogen-bond acceptors (Lipinski definition) is 5. The summed E-state index contributed by atoms with van der Waals surface area (Å²) in [6, 6.07) is 4.51. The Morgan fingerprint density at radius 3 is 2.76 bits per heavy atom. The van der Waals surface area contributed by atoms with Gasteiger partial charge in [0.25, 0.3) is 0 Å². The quantitative estimate of drug-likeness (QED) is 0.839. The van der Waals surface area contributed by atoms with Crippen LogP contribution in [0.3, 0.4) is 0 Å². The number of aromatic carboxylic acids is 1. The third-order valence-corrected chi connectivity index (χ3v) is 2.28. The molecule has 1 aromatic heterocycles. The normalized spacial score (nSPS) is 10.2. The van der Waals surface area contributed by atoms with Gasteiger partial charge in [-0.05, 0) is 35.5 Å². The smallest absolute Gasteiger partial charge is 0.335 e. The van der Waals surface area contributed by atoms with Crippen LogP contribution in [0.2, 0.25) is 0 Å². The van der Waals surface area contributed by atoms with Crippen molar-refractivity contribution < 1.29 is 14.6 Å². The highest BCUT2D eigenvalue weighted by Crippen LogP contribution is 2.24. The lowest BCUT2D eigenvalue weighted by molar-refractivity contribution is 0.0696. The fourth-order valence-electron chi connectivity index (χ4n) is 1.44. The summed E-state index contributed by atoms with van der Waals surface area (Å²) in [4.78, 5) is 10.8. The number of rotatable bonds is 3. The molecule has 0 saturated carbocycles. The maximum absolute atomic E-state index is 10.8. The summed E-state index contributed by atoms with van der Waals surface area (Å²) in [5, 5.41) is 20.0. The predicted octanol–water partition coefficient (Wildman–Crippen LogP) is 0.678. The van der Waals surface area contributed by atoms with Gasteiger partial charge in [-0.15, -0.1) is 5.10 Å². The number of benzene rings is 1. The molecule has 0 bridgehead atoms. The third-order valence-electron chi connectivity index (χ3n) is 2.28. The Hall–Kier alpha value is -2.44. The molecule has 0 amide bonds. The van der Waals surface area contributed by atoms with E-state index in [4.69, 9.17) is 9.84 Å². The first kappa shape index (κ1) is 11.1. The van der Waals surface area contributed by atoms with E-state index in [1.54, 1.807) is 13.0 Å². The van der Waals surface area contributed by atoms with Gasteiger partial charge in [0.2, 0.25) is 0 Å². The predicted molar refractivity (Wildman–Crippen MR) is 57.4 cm³/mol. The topological polar surface area (TPSA) is 90.1 Å². The Kier molecular flexibility index (Phi) is 2.73. The van der Waals surface area contributed by atoms with E-state index in [-0.39, 0.29) is 5.56 Å². The summed E-state index contributed by atoms with van der Waals surface area (Å²) in [7, 11) is 1.46. The van der Waals surface area contributed by atoms with Crippen molar-refractivity contribution >= 4 is 5.97 Å². The van der Waals surface area contributed by atoms with Crippen molar-refractivity contribution in [2.45, 2.75) is 6.92 Å². The number of nitrogens with zero attached hydrogens (tertiary/aromatic N) is 4. The fraction of sp³-hybridized carbons (Fsp3) is 0.200. The van der Waals surface area contributed by atoms with Crippen molar-refractivity contribution in [2.24, 2.45) is 0 Å². The standard InChI is InChI=1S/C10H10N4O3/c1-6-11-12-13-14(6)8-4-3-7(10(15)16)5-9(8)17-2/h3-5H,1-2H3,(H,15,16). The van der Waals surface area contributed by atoms with E-state index in [0.717, 1.165) is 0 Å². The maximum Gasteiger partial charge on any atom is 0.335 e. The molecule has 1 aromatic carbocycles. The summed E-state index contributed by atoms with van der Waals surface area (Å²) >= 11 is 0. The number of carbonyl (C=O) groups is 1. The zero-order valence-corrected chi connectivity index (χ0v) is 9.28. The van der Waals surface area contributed by atoms with Crippen molar-refractivity contribution in [3.63, 3.8) is 0 Å². The molecule has 0 aliphatic rings. The summed E-state index contributed by atoms with van der Waals surface area (Å²) in [5.74, 6) is -0.0186. The van der Waals surface area contributed by atoms with Gasteiger partial charge in [0.05, 0.1) is 12.7 Å². The molecule has 0 atom stereocenters. The van der Waals surface area contributed by atoms with E-state index in [2.05, 4.69) is 15.5 Å². The minimum Gasteiger partial charge on any atom is -0.494 e. The molecule has 1 heterocycles. The average molecular weight is 234 g/mol. The van der Waals surface area contributed by atoms with E-state index in [9.17, 15) is 4.79 Å². The third kappa shape index (κ3) is 1.94. The number of carboxylic acid groups (broad SMARTS) is 1. The van der Waals surface area contributed by atoms with Crippen molar-refractivity contribution in [1.29, 1.82) is 0 Å². The molecule has 2 aromatic rings. The van der Waals surface area contributed by atoms with Gasteiger partial charge in [-0.25, -0.2) is 4.79 Å².